The van der Waals surface area contributed by atoms with Crippen LogP contribution in [-0.2, 0) is 37.2 Å². The maximum Gasteiger partial charge on any atom is 0.240 e. The van der Waals surface area contributed by atoms with Crippen LogP contribution < -0.4 is 4.72 Å². The van der Waals surface area contributed by atoms with Crippen LogP contribution in [-0.4, -0.2) is 82.7 Å². The number of aromatic nitrogens is 7. The Balaban J connectivity index is 1.72. The van der Waals surface area contributed by atoms with Crippen LogP contribution in [0.1, 0.15) is 37.0 Å². The molecule has 0 bridgehead atoms. The van der Waals surface area contributed by atoms with Gasteiger partial charge < -0.3 is 14.2 Å². The number of sulfonamides is 1. The molecular formula is C21H29ClN8O5S. The normalized spacial score (nSPS) is 15.3. The third-order valence-corrected chi connectivity index (χ3v) is 7.94. The molecular weight excluding hydrogens is 512 g/mol. The maximum absolute atomic E-state index is 13.5. The number of nitrogens with zero attached hydrogens (tertiary/aromatic N) is 7. The summed E-state index contributed by atoms with van der Waals surface area (Å²) >= 11 is 5.87. The number of anilines is 1. The van der Waals surface area contributed by atoms with E-state index in [1.54, 1.807) is 25.0 Å². The Morgan fingerprint density at radius 2 is 1.81 bits per heavy atom. The molecule has 2 unspecified atom stereocenters. The van der Waals surface area contributed by atoms with Crippen molar-refractivity contribution in [1.82, 2.24) is 34.5 Å². The predicted molar refractivity (Wildman–Crippen MR) is 131 cm³/mol. The van der Waals surface area contributed by atoms with Crippen molar-refractivity contribution in [2.75, 3.05) is 39.3 Å². The summed E-state index contributed by atoms with van der Waals surface area (Å²) in [5.41, 5.74) is 1.82. The fourth-order valence-electron chi connectivity index (χ4n) is 4.28. The van der Waals surface area contributed by atoms with E-state index in [0.29, 0.717) is 10.8 Å². The van der Waals surface area contributed by atoms with Gasteiger partial charge in [0.2, 0.25) is 16.0 Å². The first kappa shape index (κ1) is 26.4. The van der Waals surface area contributed by atoms with Gasteiger partial charge in [-0.25, -0.2) is 18.4 Å². The second-order valence-corrected chi connectivity index (χ2v) is 10.9. The van der Waals surface area contributed by atoms with Crippen LogP contribution >= 0.6 is 11.6 Å². The molecule has 3 aromatic rings. The summed E-state index contributed by atoms with van der Waals surface area (Å²) in [5, 5.41) is 12.2. The summed E-state index contributed by atoms with van der Waals surface area (Å²) in [6, 6.07) is -0.409. The van der Waals surface area contributed by atoms with E-state index in [-0.39, 0.29) is 25.0 Å². The van der Waals surface area contributed by atoms with Crippen LogP contribution in [0.5, 0.6) is 0 Å². The fourth-order valence-corrected chi connectivity index (χ4v) is 5.52. The van der Waals surface area contributed by atoms with E-state index >= 15 is 0 Å². The number of halogens is 1. The van der Waals surface area contributed by atoms with Crippen LogP contribution in [0.15, 0.2) is 18.6 Å². The van der Waals surface area contributed by atoms with Gasteiger partial charge in [0, 0.05) is 46.0 Å². The number of nitrogens with one attached hydrogen (secondary N) is 1. The lowest BCUT2D eigenvalue weighted by Gasteiger charge is -2.24. The van der Waals surface area contributed by atoms with Gasteiger partial charge in [-0.3, -0.25) is 14.0 Å². The zero-order valence-electron chi connectivity index (χ0n) is 20.5. The summed E-state index contributed by atoms with van der Waals surface area (Å²) in [6.07, 6.45) is 5.36. The summed E-state index contributed by atoms with van der Waals surface area (Å²) in [6.45, 7) is 2.81. The smallest absolute Gasteiger partial charge is 0.240 e. The largest absolute Gasteiger partial charge is 0.382 e. The molecule has 3 aromatic heterocycles. The van der Waals surface area contributed by atoms with E-state index in [1.807, 2.05) is 4.68 Å². The van der Waals surface area contributed by atoms with Crippen LogP contribution in [0.3, 0.4) is 0 Å². The average molecular weight is 541 g/mol. The number of hydrogen-bond donors (Lipinski definition) is 1. The van der Waals surface area contributed by atoms with E-state index in [1.165, 1.54) is 26.4 Å². The molecule has 1 N–H and O–H groups in total. The highest BCUT2D eigenvalue weighted by atomic mass is 35.5. The molecule has 0 saturated carbocycles. The minimum absolute atomic E-state index is 0.0285. The molecule has 4 heterocycles. The molecule has 0 aliphatic carbocycles. The third kappa shape index (κ3) is 5.22. The number of rotatable bonds is 12. The molecule has 1 aliphatic heterocycles. The number of hydrogen-bond acceptors (Lipinski definition) is 10. The van der Waals surface area contributed by atoms with Crippen molar-refractivity contribution in [1.29, 1.82) is 0 Å². The lowest BCUT2D eigenvalue weighted by molar-refractivity contribution is 0.0907. The fraction of sp³-hybridized carbons (Fsp3) is 0.571. The lowest BCUT2D eigenvalue weighted by atomic mass is 10.1. The van der Waals surface area contributed by atoms with Gasteiger partial charge in [-0.1, -0.05) is 11.6 Å². The van der Waals surface area contributed by atoms with Crippen molar-refractivity contribution in [3.05, 3.63) is 35.1 Å². The van der Waals surface area contributed by atoms with Gasteiger partial charge >= 0.3 is 0 Å². The molecule has 4 rings (SSSR count). The number of ether oxygens (including phenoxy) is 3. The summed E-state index contributed by atoms with van der Waals surface area (Å²) in [4.78, 5) is 8.24. The molecule has 0 fully saturated rings. The molecule has 0 aromatic carbocycles. The standard InChI is InChI=1S/C21H29ClN8O5S/c1-13(18(35-4)19-23-8-14(22)9-24-19)36(31,32)28-21-27-26-20(30(21)15(11-33-2)12-34-3)16-10-25-29-7-5-6-17(16)29/h8-10,13,15,18H,5-7,11-12H2,1-4H3,(H,27,28). The monoisotopic (exact) mass is 540 g/mol. The quantitative estimate of drug-likeness (QED) is 0.361. The Labute approximate surface area is 214 Å². The molecule has 0 radical (unpaired) electrons. The van der Waals surface area contributed by atoms with E-state index in [0.717, 1.165) is 30.6 Å². The van der Waals surface area contributed by atoms with Crippen molar-refractivity contribution in [2.24, 2.45) is 0 Å². The first-order chi connectivity index (χ1) is 17.3. The topological polar surface area (TPSA) is 148 Å². The minimum Gasteiger partial charge on any atom is -0.382 e. The van der Waals surface area contributed by atoms with Crippen LogP contribution in [0.25, 0.3) is 11.4 Å². The average Bonchev–Trinajstić information content (AvgIpc) is 3.56. The van der Waals surface area contributed by atoms with Crippen molar-refractivity contribution in [2.45, 2.75) is 43.7 Å². The molecule has 0 saturated heterocycles. The zero-order valence-corrected chi connectivity index (χ0v) is 22.0. The van der Waals surface area contributed by atoms with Gasteiger partial charge in [0.1, 0.15) is 11.4 Å². The predicted octanol–water partition coefficient (Wildman–Crippen LogP) is 1.88. The molecule has 1 aliphatic rings. The molecule has 15 heteroatoms. The third-order valence-electron chi connectivity index (χ3n) is 6.05. The molecule has 2 atom stereocenters. The Kier molecular flexibility index (Phi) is 8.20. The molecule has 0 amide bonds. The number of aryl methyl sites for hydroxylation is 1. The van der Waals surface area contributed by atoms with Gasteiger partial charge in [-0.15, -0.1) is 10.2 Å². The first-order valence-electron chi connectivity index (χ1n) is 11.3. The van der Waals surface area contributed by atoms with E-state index in [9.17, 15) is 8.42 Å². The van der Waals surface area contributed by atoms with E-state index in [2.05, 4.69) is 30.0 Å². The maximum atomic E-state index is 13.5. The van der Waals surface area contributed by atoms with Gasteiger partial charge in [0.15, 0.2) is 11.6 Å². The highest BCUT2D eigenvalue weighted by Gasteiger charge is 2.35. The van der Waals surface area contributed by atoms with Crippen molar-refractivity contribution >= 4 is 27.6 Å². The Morgan fingerprint density at radius 3 is 2.44 bits per heavy atom. The van der Waals surface area contributed by atoms with Crippen molar-refractivity contribution < 1.29 is 22.6 Å². The Morgan fingerprint density at radius 1 is 1.11 bits per heavy atom. The zero-order chi connectivity index (χ0) is 25.9. The number of methoxy groups -OCH3 is 3. The molecule has 13 nitrogen and oxygen atoms in total. The summed E-state index contributed by atoms with van der Waals surface area (Å²) in [7, 11) is 0.464. The summed E-state index contributed by atoms with van der Waals surface area (Å²) < 4.78 is 49.4. The second-order valence-electron chi connectivity index (χ2n) is 8.38. The van der Waals surface area contributed by atoms with Crippen molar-refractivity contribution in [3.63, 3.8) is 0 Å². The van der Waals surface area contributed by atoms with Gasteiger partial charge in [0.25, 0.3) is 0 Å². The van der Waals surface area contributed by atoms with Gasteiger partial charge in [-0.05, 0) is 19.8 Å². The molecule has 36 heavy (non-hydrogen) atoms. The Hall–Kier alpha value is -2.65. The van der Waals surface area contributed by atoms with Crippen LogP contribution in [0.2, 0.25) is 5.02 Å². The van der Waals surface area contributed by atoms with E-state index in [4.69, 9.17) is 25.8 Å². The van der Waals surface area contributed by atoms with Crippen LogP contribution in [0, 0.1) is 0 Å². The molecule has 196 valence electrons. The van der Waals surface area contributed by atoms with Gasteiger partial charge in [0.05, 0.1) is 36.0 Å². The van der Waals surface area contributed by atoms with Crippen LogP contribution in [0.4, 0.5) is 5.95 Å². The van der Waals surface area contributed by atoms with E-state index < -0.39 is 27.4 Å². The minimum atomic E-state index is -4.05. The SMILES string of the molecule is COCC(COC)n1c(NS(=O)(=O)C(C)C(OC)c2ncc(Cl)cn2)nnc1-c1cnn2c1CCC2. The highest BCUT2D eigenvalue weighted by Crippen LogP contribution is 2.32. The second kappa shape index (κ2) is 11.2. The van der Waals surface area contributed by atoms with Crippen molar-refractivity contribution in [3.8, 4) is 11.4 Å². The van der Waals surface area contributed by atoms with Gasteiger partial charge in [-0.2, -0.15) is 5.10 Å². The summed E-state index contributed by atoms with van der Waals surface area (Å²) in [5.74, 6) is 0.696. The Bertz CT molecular complexity index is 1270. The number of fused-ring (bicyclic) bond motifs is 1. The first-order valence-corrected chi connectivity index (χ1v) is 13.2. The lowest BCUT2D eigenvalue weighted by Crippen LogP contribution is -2.34. The highest BCUT2D eigenvalue weighted by molar-refractivity contribution is 7.93. The molecule has 0 spiro atoms.